The van der Waals surface area contributed by atoms with Crippen LogP contribution in [0.25, 0.3) is 0 Å². The summed E-state index contributed by atoms with van der Waals surface area (Å²) in [5.41, 5.74) is 0.214. The molecule has 1 aliphatic rings. The highest BCUT2D eigenvalue weighted by atomic mass is 16.5. The molecule has 0 aromatic heterocycles. The van der Waals surface area contributed by atoms with E-state index in [1.165, 1.54) is 7.11 Å². The largest absolute Gasteiger partial charge is 0.465 e. The lowest BCUT2D eigenvalue weighted by Crippen LogP contribution is -2.25. The molecular formula is C20H20N2O2. The molecule has 0 saturated heterocycles. The number of nitrogens with zero attached hydrogens (tertiary/aromatic N) is 2. The van der Waals surface area contributed by atoms with Gasteiger partial charge in [-0.1, -0.05) is 36.4 Å². The number of rotatable bonds is 2. The van der Waals surface area contributed by atoms with Crippen molar-refractivity contribution in [2.45, 2.75) is 31.6 Å². The van der Waals surface area contributed by atoms with Gasteiger partial charge in [-0.15, -0.1) is 0 Å². The number of methoxy groups -OCH3 is 1. The van der Waals surface area contributed by atoms with Crippen molar-refractivity contribution in [1.82, 2.24) is 0 Å². The third-order valence-electron chi connectivity index (χ3n) is 4.37. The van der Waals surface area contributed by atoms with Crippen LogP contribution >= 0.6 is 0 Å². The molecule has 0 bridgehead atoms. The average molecular weight is 320 g/mol. The van der Waals surface area contributed by atoms with Gasteiger partial charge in [0.1, 0.15) is 0 Å². The van der Waals surface area contributed by atoms with Crippen molar-refractivity contribution in [3.8, 4) is 12.1 Å². The molecule has 4 heteroatoms. The molecule has 0 amide bonds. The lowest BCUT2D eigenvalue weighted by Gasteiger charge is -2.28. The van der Waals surface area contributed by atoms with Crippen LogP contribution in [0.5, 0.6) is 0 Å². The maximum atomic E-state index is 11.6. The van der Waals surface area contributed by atoms with Gasteiger partial charge >= 0.3 is 5.97 Å². The molecule has 1 aliphatic carbocycles. The molecule has 0 saturated carbocycles. The van der Waals surface area contributed by atoms with E-state index in [2.05, 4.69) is 18.2 Å². The van der Waals surface area contributed by atoms with Gasteiger partial charge < -0.3 is 4.74 Å². The minimum Gasteiger partial charge on any atom is -0.465 e. The number of hydrogen-bond acceptors (Lipinski definition) is 4. The zero-order valence-corrected chi connectivity index (χ0v) is 13.7. The van der Waals surface area contributed by atoms with Crippen molar-refractivity contribution < 1.29 is 9.53 Å². The number of allylic oxidation sites excluding steroid dienone is 4. The van der Waals surface area contributed by atoms with Crippen LogP contribution in [0.15, 0.2) is 48.6 Å². The first-order valence-corrected chi connectivity index (χ1v) is 7.97. The topological polar surface area (TPSA) is 73.9 Å². The molecule has 4 nitrogen and oxygen atoms in total. The number of hydrogen-bond donors (Lipinski definition) is 0. The summed E-state index contributed by atoms with van der Waals surface area (Å²) in [5.74, 6) is -0.652. The molecule has 2 rings (SSSR count). The normalized spacial score (nSPS) is 22.4. The van der Waals surface area contributed by atoms with Crippen LogP contribution in [0, 0.1) is 28.1 Å². The molecule has 0 heterocycles. The number of ether oxygens (including phenoxy) is 1. The predicted octanol–water partition coefficient (Wildman–Crippen LogP) is 4.28. The van der Waals surface area contributed by atoms with Crippen molar-refractivity contribution >= 4 is 5.97 Å². The van der Waals surface area contributed by atoms with E-state index in [9.17, 15) is 15.3 Å². The predicted molar refractivity (Wildman–Crippen MR) is 90.9 cm³/mol. The number of esters is 1. The fraction of sp³-hybridized carbons (Fsp3) is 0.350. The Labute approximate surface area is 142 Å². The van der Waals surface area contributed by atoms with Crippen molar-refractivity contribution in [2.75, 3.05) is 7.11 Å². The Balaban J connectivity index is 2.42. The average Bonchev–Trinajstić information content (AvgIpc) is 2.65. The molecule has 0 N–H and O–H groups in total. The Kier molecular flexibility index (Phi) is 5.93. The van der Waals surface area contributed by atoms with Crippen LogP contribution in [0.3, 0.4) is 0 Å². The summed E-state index contributed by atoms with van der Waals surface area (Å²) < 4.78 is 4.71. The van der Waals surface area contributed by atoms with E-state index in [1.54, 1.807) is 12.1 Å². The van der Waals surface area contributed by atoms with E-state index in [4.69, 9.17) is 4.74 Å². The zero-order valence-electron chi connectivity index (χ0n) is 13.7. The monoisotopic (exact) mass is 320 g/mol. The summed E-state index contributed by atoms with van der Waals surface area (Å²) in [6.07, 6.45) is 11.0. The molecular weight excluding hydrogens is 300 g/mol. The first kappa shape index (κ1) is 17.5. The second-order valence-corrected chi connectivity index (χ2v) is 5.82. The molecule has 0 spiro atoms. The van der Waals surface area contributed by atoms with Crippen LogP contribution < -0.4 is 0 Å². The SMILES string of the molecule is COC(=O)c1ccc(C2C/C=C\CC/C=C/CC2(C#N)C#N)cc1. The molecule has 1 atom stereocenters. The van der Waals surface area contributed by atoms with Gasteiger partial charge in [-0.3, -0.25) is 0 Å². The third kappa shape index (κ3) is 3.73. The fourth-order valence-electron chi connectivity index (χ4n) is 2.94. The van der Waals surface area contributed by atoms with Crippen LogP contribution in [0.2, 0.25) is 0 Å². The summed E-state index contributed by atoms with van der Waals surface area (Å²) in [7, 11) is 1.34. The highest BCUT2D eigenvalue weighted by molar-refractivity contribution is 5.89. The Morgan fingerprint density at radius 1 is 1.08 bits per heavy atom. The Bertz CT molecular complexity index is 703. The van der Waals surface area contributed by atoms with E-state index in [0.29, 0.717) is 18.4 Å². The zero-order chi connectivity index (χ0) is 17.4. The summed E-state index contributed by atoms with van der Waals surface area (Å²) in [4.78, 5) is 11.6. The second kappa shape index (κ2) is 8.13. The van der Waals surface area contributed by atoms with E-state index >= 15 is 0 Å². The number of carbonyl (C=O) groups excluding carboxylic acids is 1. The molecule has 1 unspecified atom stereocenters. The third-order valence-corrected chi connectivity index (χ3v) is 4.37. The van der Waals surface area contributed by atoms with Crippen molar-refractivity contribution in [3.05, 3.63) is 59.7 Å². The number of carbonyl (C=O) groups is 1. The maximum Gasteiger partial charge on any atom is 0.337 e. The molecule has 1 aromatic rings. The lowest BCUT2D eigenvalue weighted by atomic mass is 9.70. The molecule has 1 aromatic carbocycles. The van der Waals surface area contributed by atoms with Gasteiger partial charge in [0.2, 0.25) is 0 Å². The van der Waals surface area contributed by atoms with Gasteiger partial charge in [-0.25, -0.2) is 4.79 Å². The number of nitriles is 2. The first-order chi connectivity index (χ1) is 11.7. The van der Waals surface area contributed by atoms with Gasteiger partial charge in [0.15, 0.2) is 5.41 Å². The quantitative estimate of drug-likeness (QED) is 0.602. The minimum atomic E-state index is -1.12. The van der Waals surface area contributed by atoms with Crippen molar-refractivity contribution in [2.24, 2.45) is 5.41 Å². The van der Waals surface area contributed by atoms with E-state index in [-0.39, 0.29) is 5.92 Å². The van der Waals surface area contributed by atoms with Crippen molar-refractivity contribution in [3.63, 3.8) is 0 Å². The van der Waals surface area contributed by atoms with Gasteiger partial charge in [-0.2, -0.15) is 10.5 Å². The van der Waals surface area contributed by atoms with Gasteiger partial charge in [0.05, 0.1) is 24.8 Å². The van der Waals surface area contributed by atoms with Crippen LogP contribution in [-0.2, 0) is 4.74 Å². The van der Waals surface area contributed by atoms with Crippen LogP contribution in [0.1, 0.15) is 47.5 Å². The Hall–Kier alpha value is -2.85. The smallest absolute Gasteiger partial charge is 0.337 e. The molecule has 0 radical (unpaired) electrons. The standard InChI is InChI=1S/C20H20N2O2/c1-24-19(23)17-11-9-16(10-12-17)18-8-6-4-2-3-5-7-13-20(18,14-21)15-22/h4-7,9-12,18H,2-3,8,13H2,1H3/b6-4-,7-5+. The summed E-state index contributed by atoms with van der Waals surface area (Å²) in [6.45, 7) is 0. The highest BCUT2D eigenvalue weighted by Gasteiger charge is 2.39. The summed E-state index contributed by atoms with van der Waals surface area (Å²) >= 11 is 0. The second-order valence-electron chi connectivity index (χ2n) is 5.82. The molecule has 122 valence electrons. The minimum absolute atomic E-state index is 0.252. The van der Waals surface area contributed by atoms with Gasteiger partial charge in [-0.05, 0) is 43.4 Å². The lowest BCUT2D eigenvalue weighted by molar-refractivity contribution is 0.0600. The van der Waals surface area contributed by atoms with Gasteiger partial charge in [0, 0.05) is 5.92 Å². The molecule has 0 aliphatic heterocycles. The molecule has 0 fully saturated rings. The maximum absolute atomic E-state index is 11.6. The Morgan fingerprint density at radius 2 is 1.71 bits per heavy atom. The Morgan fingerprint density at radius 3 is 2.29 bits per heavy atom. The van der Waals surface area contributed by atoms with E-state index < -0.39 is 11.4 Å². The van der Waals surface area contributed by atoms with Crippen LogP contribution in [0.4, 0.5) is 0 Å². The fourth-order valence-corrected chi connectivity index (χ4v) is 2.94. The van der Waals surface area contributed by atoms with E-state index in [1.807, 2.05) is 30.4 Å². The highest BCUT2D eigenvalue weighted by Crippen LogP contribution is 2.42. The number of benzene rings is 1. The van der Waals surface area contributed by atoms with Gasteiger partial charge in [0.25, 0.3) is 0 Å². The van der Waals surface area contributed by atoms with Crippen molar-refractivity contribution in [1.29, 1.82) is 10.5 Å². The summed E-state index contributed by atoms with van der Waals surface area (Å²) in [6, 6.07) is 11.5. The molecule has 24 heavy (non-hydrogen) atoms. The van der Waals surface area contributed by atoms with E-state index in [0.717, 1.165) is 18.4 Å². The van der Waals surface area contributed by atoms with Crippen LogP contribution in [-0.4, -0.2) is 13.1 Å². The summed E-state index contributed by atoms with van der Waals surface area (Å²) in [5, 5.41) is 19.5. The first-order valence-electron chi connectivity index (χ1n) is 7.97.